The van der Waals surface area contributed by atoms with Gasteiger partial charge in [-0.2, -0.15) is 0 Å². The molecule has 27 heavy (non-hydrogen) atoms. The number of nitrogens with one attached hydrogen (secondary N) is 3. The van der Waals surface area contributed by atoms with E-state index in [0.717, 1.165) is 23.2 Å². The van der Waals surface area contributed by atoms with E-state index < -0.39 is 0 Å². The molecule has 3 aromatic rings. The molecule has 3 N–H and O–H groups in total. The number of H-pyrrole nitrogens is 1. The highest BCUT2D eigenvalue weighted by Gasteiger charge is 2.17. The Balaban J connectivity index is 1.38. The minimum atomic E-state index is -0.00579. The van der Waals surface area contributed by atoms with E-state index in [1.165, 1.54) is 43.1 Å². The average molecular weight is 361 g/mol. The van der Waals surface area contributed by atoms with Gasteiger partial charge in [-0.15, -0.1) is 0 Å². The Labute approximate surface area is 160 Å². The summed E-state index contributed by atoms with van der Waals surface area (Å²) in [5.41, 5.74) is 4.07. The molecular weight excluding hydrogens is 334 g/mol. The maximum absolute atomic E-state index is 12.7. The van der Waals surface area contributed by atoms with Gasteiger partial charge in [-0.1, -0.05) is 49.6 Å². The molecule has 0 unspecified atom stereocenters. The Bertz CT molecular complexity index is 909. The van der Waals surface area contributed by atoms with Crippen LogP contribution in [0, 0.1) is 0 Å². The summed E-state index contributed by atoms with van der Waals surface area (Å²) in [4.78, 5) is 16.0. The first-order valence-corrected chi connectivity index (χ1v) is 10.00. The number of hydrogen-bond acceptors (Lipinski definition) is 2. The van der Waals surface area contributed by atoms with Gasteiger partial charge in [0.25, 0.3) is 5.91 Å². The first-order chi connectivity index (χ1) is 13.3. The quantitative estimate of drug-likeness (QED) is 0.586. The van der Waals surface area contributed by atoms with Gasteiger partial charge < -0.3 is 15.6 Å². The predicted octanol–water partition coefficient (Wildman–Crippen LogP) is 4.89. The third-order valence-corrected chi connectivity index (χ3v) is 5.49. The molecule has 1 saturated carbocycles. The Morgan fingerprint density at radius 2 is 1.78 bits per heavy atom. The lowest BCUT2D eigenvalue weighted by Crippen LogP contribution is -2.28. The number of carbonyl (C=O) groups is 1. The van der Waals surface area contributed by atoms with Gasteiger partial charge >= 0.3 is 0 Å². The molecule has 0 radical (unpaired) electrons. The summed E-state index contributed by atoms with van der Waals surface area (Å²) in [5.74, 6) is -0.00579. The van der Waals surface area contributed by atoms with Crippen molar-refractivity contribution < 1.29 is 4.79 Å². The number of benzene rings is 2. The lowest BCUT2D eigenvalue weighted by atomic mass is 9.95. The van der Waals surface area contributed by atoms with Gasteiger partial charge in [-0.05, 0) is 43.0 Å². The Morgan fingerprint density at radius 3 is 2.67 bits per heavy atom. The zero-order valence-electron chi connectivity index (χ0n) is 15.6. The third kappa shape index (κ3) is 4.16. The second-order valence-electron chi connectivity index (χ2n) is 7.39. The molecule has 2 aromatic carbocycles. The molecule has 1 amide bonds. The fourth-order valence-electron chi connectivity index (χ4n) is 4.02. The van der Waals surface area contributed by atoms with E-state index in [0.29, 0.717) is 12.6 Å². The van der Waals surface area contributed by atoms with Crippen LogP contribution in [0.5, 0.6) is 0 Å². The Hall–Kier alpha value is -2.75. The third-order valence-electron chi connectivity index (χ3n) is 5.49. The number of aromatic nitrogens is 1. The van der Waals surface area contributed by atoms with E-state index in [-0.39, 0.29) is 5.91 Å². The first kappa shape index (κ1) is 17.7. The van der Waals surface area contributed by atoms with Crippen LogP contribution in [-0.4, -0.2) is 23.5 Å². The van der Waals surface area contributed by atoms with E-state index in [4.69, 9.17) is 0 Å². The zero-order valence-corrected chi connectivity index (χ0v) is 15.6. The highest BCUT2D eigenvalue weighted by atomic mass is 16.1. The van der Waals surface area contributed by atoms with Crippen molar-refractivity contribution in [1.29, 1.82) is 0 Å². The van der Waals surface area contributed by atoms with Crippen LogP contribution < -0.4 is 10.6 Å². The van der Waals surface area contributed by atoms with Crippen molar-refractivity contribution in [3.8, 4) is 0 Å². The van der Waals surface area contributed by atoms with Gasteiger partial charge in [0.2, 0.25) is 0 Å². The molecule has 0 saturated heterocycles. The fraction of sp³-hybridized carbons (Fsp3) is 0.348. The lowest BCUT2D eigenvalue weighted by Gasteiger charge is -2.25. The van der Waals surface area contributed by atoms with Crippen LogP contribution in [-0.2, 0) is 6.42 Å². The van der Waals surface area contributed by atoms with E-state index in [2.05, 4.69) is 27.8 Å². The van der Waals surface area contributed by atoms with E-state index in [1.807, 2.05) is 42.6 Å². The molecule has 0 spiro atoms. The average Bonchev–Trinajstić information content (AvgIpc) is 3.12. The minimum Gasteiger partial charge on any atom is -0.382 e. The summed E-state index contributed by atoms with van der Waals surface area (Å²) in [6.45, 7) is 0.623. The number of amides is 1. The standard InChI is InChI=1S/C23H27N3O/c27-23(24-15-14-17-16-25-21-12-6-4-10-19(17)21)20-11-5-7-13-22(20)26-18-8-2-1-3-9-18/h4-7,10-13,16,18,25-26H,1-3,8-9,14-15H2,(H,24,27). The maximum atomic E-state index is 12.7. The monoisotopic (exact) mass is 361 g/mol. The van der Waals surface area contributed by atoms with Crippen LogP contribution in [0.2, 0.25) is 0 Å². The number of fused-ring (bicyclic) bond motifs is 1. The summed E-state index contributed by atoms with van der Waals surface area (Å²) in [5, 5.41) is 7.91. The van der Waals surface area contributed by atoms with Crippen molar-refractivity contribution in [3.05, 3.63) is 65.9 Å². The molecular formula is C23H27N3O. The van der Waals surface area contributed by atoms with Gasteiger partial charge in [0.05, 0.1) is 5.56 Å². The number of anilines is 1. The highest BCUT2D eigenvalue weighted by Crippen LogP contribution is 2.24. The van der Waals surface area contributed by atoms with E-state index in [1.54, 1.807) is 0 Å². The molecule has 1 aliphatic rings. The molecule has 1 heterocycles. The summed E-state index contributed by atoms with van der Waals surface area (Å²) in [7, 11) is 0. The molecule has 4 nitrogen and oxygen atoms in total. The van der Waals surface area contributed by atoms with Gasteiger partial charge in [0.1, 0.15) is 0 Å². The van der Waals surface area contributed by atoms with Crippen LogP contribution in [0.4, 0.5) is 5.69 Å². The van der Waals surface area contributed by atoms with Crippen LogP contribution in [0.1, 0.15) is 48.0 Å². The zero-order chi connectivity index (χ0) is 18.5. The SMILES string of the molecule is O=C(NCCc1c[nH]c2ccccc12)c1ccccc1NC1CCCCC1. The van der Waals surface area contributed by atoms with Gasteiger partial charge in [0, 0.05) is 35.4 Å². The normalized spacial score (nSPS) is 15.0. The topological polar surface area (TPSA) is 56.9 Å². The van der Waals surface area contributed by atoms with Crippen LogP contribution >= 0.6 is 0 Å². The van der Waals surface area contributed by atoms with Gasteiger partial charge in [-0.3, -0.25) is 4.79 Å². The number of rotatable bonds is 6. The number of aromatic amines is 1. The van der Waals surface area contributed by atoms with Crippen LogP contribution in [0.3, 0.4) is 0 Å². The molecule has 0 atom stereocenters. The molecule has 140 valence electrons. The van der Waals surface area contributed by atoms with Crippen molar-refractivity contribution in [2.75, 3.05) is 11.9 Å². The minimum absolute atomic E-state index is 0.00579. The second kappa shape index (κ2) is 8.30. The molecule has 0 bridgehead atoms. The fourth-order valence-corrected chi connectivity index (χ4v) is 4.02. The molecule has 0 aliphatic heterocycles. The van der Waals surface area contributed by atoms with Crippen molar-refractivity contribution in [2.24, 2.45) is 0 Å². The smallest absolute Gasteiger partial charge is 0.253 e. The molecule has 1 aliphatic carbocycles. The lowest BCUT2D eigenvalue weighted by molar-refractivity contribution is 0.0955. The van der Waals surface area contributed by atoms with E-state index in [9.17, 15) is 4.79 Å². The highest BCUT2D eigenvalue weighted by molar-refractivity contribution is 5.99. The van der Waals surface area contributed by atoms with Crippen molar-refractivity contribution >= 4 is 22.5 Å². The summed E-state index contributed by atoms with van der Waals surface area (Å²) >= 11 is 0. The molecule has 1 aromatic heterocycles. The van der Waals surface area contributed by atoms with Crippen molar-refractivity contribution in [3.63, 3.8) is 0 Å². The number of para-hydroxylation sites is 2. The van der Waals surface area contributed by atoms with E-state index >= 15 is 0 Å². The largest absolute Gasteiger partial charge is 0.382 e. The predicted molar refractivity (Wildman–Crippen MR) is 111 cm³/mol. The molecule has 4 heteroatoms. The summed E-state index contributed by atoms with van der Waals surface area (Å²) in [6.07, 6.45) is 9.11. The summed E-state index contributed by atoms with van der Waals surface area (Å²) in [6, 6.07) is 16.6. The second-order valence-corrected chi connectivity index (χ2v) is 7.39. The summed E-state index contributed by atoms with van der Waals surface area (Å²) < 4.78 is 0. The van der Waals surface area contributed by atoms with Gasteiger partial charge in [-0.25, -0.2) is 0 Å². The Morgan fingerprint density at radius 1 is 1.00 bits per heavy atom. The Kier molecular flexibility index (Phi) is 5.42. The number of hydrogen-bond donors (Lipinski definition) is 3. The van der Waals surface area contributed by atoms with Gasteiger partial charge in [0.15, 0.2) is 0 Å². The number of carbonyl (C=O) groups excluding carboxylic acids is 1. The van der Waals surface area contributed by atoms with Crippen LogP contribution in [0.25, 0.3) is 10.9 Å². The first-order valence-electron chi connectivity index (χ1n) is 10.00. The maximum Gasteiger partial charge on any atom is 0.253 e. The van der Waals surface area contributed by atoms with Crippen molar-refractivity contribution in [2.45, 2.75) is 44.6 Å². The van der Waals surface area contributed by atoms with Crippen molar-refractivity contribution in [1.82, 2.24) is 10.3 Å². The van der Waals surface area contributed by atoms with Crippen LogP contribution in [0.15, 0.2) is 54.7 Å². The molecule has 4 rings (SSSR count). The molecule has 1 fully saturated rings.